The van der Waals surface area contributed by atoms with E-state index in [9.17, 15) is 5.11 Å². The molecule has 2 saturated heterocycles. The van der Waals surface area contributed by atoms with Crippen LogP contribution >= 0.6 is 0 Å². The van der Waals surface area contributed by atoms with Gasteiger partial charge in [0.1, 0.15) is 5.60 Å². The van der Waals surface area contributed by atoms with Gasteiger partial charge in [-0.2, -0.15) is 0 Å². The predicted octanol–water partition coefficient (Wildman–Crippen LogP) is 0.920. The Morgan fingerprint density at radius 3 is 1.90 bits per heavy atom. The molecule has 2 fully saturated rings. The average Bonchev–Trinajstić information content (AvgIpc) is 2.56. The van der Waals surface area contributed by atoms with Crippen LogP contribution in [0.15, 0.2) is 12.2 Å². The molecule has 3 rings (SSSR count). The third kappa shape index (κ3) is 2.80. The Kier molecular flexibility index (Phi) is 4.76. The van der Waals surface area contributed by atoms with Gasteiger partial charge in [-0.3, -0.25) is 0 Å². The fourth-order valence-corrected chi connectivity index (χ4v) is 4.18. The molecule has 0 spiro atoms. The Morgan fingerprint density at radius 2 is 1.45 bits per heavy atom. The highest BCUT2D eigenvalue weighted by atomic mass is 16.3. The van der Waals surface area contributed by atoms with Gasteiger partial charge in [0.25, 0.3) is 0 Å². The zero-order valence-electron chi connectivity index (χ0n) is 12.4. The van der Waals surface area contributed by atoms with Gasteiger partial charge in [-0.25, -0.2) is 0 Å². The van der Waals surface area contributed by atoms with Gasteiger partial charge in [-0.15, -0.1) is 0 Å². The molecule has 114 valence electrons. The van der Waals surface area contributed by atoms with Gasteiger partial charge in [0.2, 0.25) is 0 Å². The summed E-state index contributed by atoms with van der Waals surface area (Å²) in [7, 11) is 0. The lowest BCUT2D eigenvalue weighted by Crippen LogP contribution is -2.72. The number of rotatable bonds is 3. The fraction of sp³-hybridized carbons (Fsp3) is 0.875. The second-order valence-electron chi connectivity index (χ2n) is 6.56. The predicted molar refractivity (Wildman–Crippen MR) is 81.8 cm³/mol. The van der Waals surface area contributed by atoms with Gasteiger partial charge in [-0.05, 0) is 45.2 Å². The summed E-state index contributed by atoms with van der Waals surface area (Å²) in [5, 5.41) is 22.4. The van der Waals surface area contributed by atoms with Crippen LogP contribution in [0.25, 0.3) is 0 Å². The van der Waals surface area contributed by atoms with E-state index in [1.807, 2.05) is 0 Å². The Bertz CT molecular complexity index is 315. The lowest BCUT2D eigenvalue weighted by molar-refractivity contribution is -0.0747. The molecule has 20 heavy (non-hydrogen) atoms. The first-order valence-electron chi connectivity index (χ1n) is 8.39. The van der Waals surface area contributed by atoms with Crippen molar-refractivity contribution in [2.24, 2.45) is 0 Å². The second kappa shape index (κ2) is 6.56. The molecule has 0 aromatic carbocycles. The van der Waals surface area contributed by atoms with Crippen molar-refractivity contribution in [1.29, 1.82) is 0 Å². The summed E-state index contributed by atoms with van der Waals surface area (Å²) in [4.78, 5) is 0. The van der Waals surface area contributed by atoms with Gasteiger partial charge in [0.05, 0.1) is 0 Å². The van der Waals surface area contributed by atoms with E-state index < -0.39 is 5.60 Å². The first-order chi connectivity index (χ1) is 9.82. The Labute approximate surface area is 122 Å². The molecule has 0 bridgehead atoms. The maximum atomic E-state index is 11.7. The molecule has 0 radical (unpaired) electrons. The molecule has 3 aliphatic rings. The molecule has 0 saturated carbocycles. The summed E-state index contributed by atoms with van der Waals surface area (Å²) in [6.07, 6.45) is 12.5. The van der Waals surface area contributed by atoms with Crippen LogP contribution in [0.1, 0.15) is 44.9 Å². The van der Waals surface area contributed by atoms with E-state index in [-0.39, 0.29) is 18.1 Å². The number of hydrogen-bond acceptors (Lipinski definition) is 4. The second-order valence-corrected chi connectivity index (χ2v) is 6.56. The maximum absolute atomic E-state index is 11.7. The van der Waals surface area contributed by atoms with Crippen molar-refractivity contribution in [3.8, 4) is 0 Å². The summed E-state index contributed by atoms with van der Waals surface area (Å²) >= 11 is 0. The van der Waals surface area contributed by atoms with Gasteiger partial charge in [0.15, 0.2) is 0 Å². The molecular formula is C16H29N3O. The first-order valence-corrected chi connectivity index (χ1v) is 8.39. The topological polar surface area (TPSA) is 56.3 Å². The van der Waals surface area contributed by atoms with E-state index in [2.05, 4.69) is 28.1 Å². The molecule has 4 N–H and O–H groups in total. The minimum absolute atomic E-state index is 0.165. The van der Waals surface area contributed by atoms with Crippen molar-refractivity contribution < 1.29 is 5.11 Å². The molecule has 0 aromatic heterocycles. The highest BCUT2D eigenvalue weighted by Gasteiger charge is 2.49. The van der Waals surface area contributed by atoms with E-state index in [4.69, 9.17) is 0 Å². The molecule has 3 atom stereocenters. The van der Waals surface area contributed by atoms with Gasteiger partial charge < -0.3 is 21.1 Å². The van der Waals surface area contributed by atoms with Crippen molar-refractivity contribution in [2.75, 3.05) is 19.6 Å². The van der Waals surface area contributed by atoms with Crippen LogP contribution in [0, 0.1) is 0 Å². The number of nitrogens with one attached hydrogen (secondary N) is 3. The highest BCUT2D eigenvalue weighted by molar-refractivity contribution is 5.13. The SMILES string of the molecule is OC(C1CC=CCN1)(C1CCCCN1)C1CCCCN1. The number of aliphatic hydroxyl groups is 1. The summed E-state index contributed by atoms with van der Waals surface area (Å²) in [5.41, 5.74) is -0.675. The lowest BCUT2D eigenvalue weighted by atomic mass is 9.72. The van der Waals surface area contributed by atoms with Gasteiger partial charge in [0, 0.05) is 24.7 Å². The monoisotopic (exact) mass is 279 g/mol. The molecular weight excluding hydrogens is 250 g/mol. The largest absolute Gasteiger partial charge is 0.385 e. The molecule has 0 aliphatic carbocycles. The van der Waals surface area contributed by atoms with Crippen LogP contribution in [0.3, 0.4) is 0 Å². The van der Waals surface area contributed by atoms with Crippen molar-refractivity contribution in [3.05, 3.63) is 12.2 Å². The van der Waals surface area contributed by atoms with E-state index >= 15 is 0 Å². The number of hydrogen-bond donors (Lipinski definition) is 4. The van der Waals surface area contributed by atoms with E-state index in [1.165, 1.54) is 25.7 Å². The molecule has 3 unspecified atom stereocenters. The van der Waals surface area contributed by atoms with Crippen LogP contribution in [0.4, 0.5) is 0 Å². The normalized spacial score (nSPS) is 38.4. The number of piperidine rings is 2. The first kappa shape index (κ1) is 14.5. The standard InChI is InChI=1S/C16H29N3O/c20-16(13-7-1-4-10-17-13,14-8-2-5-11-18-14)15-9-3-6-12-19-15/h1,4,13-15,17-20H,2-3,5-12H2. The van der Waals surface area contributed by atoms with Crippen LogP contribution in [-0.4, -0.2) is 48.5 Å². The summed E-state index contributed by atoms with van der Waals surface area (Å²) in [5.74, 6) is 0. The minimum Gasteiger partial charge on any atom is -0.385 e. The van der Waals surface area contributed by atoms with E-state index in [0.29, 0.717) is 0 Å². The maximum Gasteiger partial charge on any atom is 0.111 e. The molecule has 3 aliphatic heterocycles. The molecule has 4 nitrogen and oxygen atoms in total. The zero-order valence-corrected chi connectivity index (χ0v) is 12.4. The molecule has 0 aromatic rings. The van der Waals surface area contributed by atoms with Gasteiger partial charge >= 0.3 is 0 Å². The third-order valence-electron chi connectivity index (χ3n) is 5.32. The van der Waals surface area contributed by atoms with Crippen molar-refractivity contribution in [3.63, 3.8) is 0 Å². The van der Waals surface area contributed by atoms with Crippen LogP contribution in [0.2, 0.25) is 0 Å². The van der Waals surface area contributed by atoms with E-state index in [1.54, 1.807) is 0 Å². The summed E-state index contributed by atoms with van der Waals surface area (Å²) in [6, 6.07) is 0.602. The molecule has 0 amide bonds. The minimum atomic E-state index is -0.675. The quantitative estimate of drug-likeness (QED) is 0.580. The van der Waals surface area contributed by atoms with Crippen molar-refractivity contribution >= 4 is 0 Å². The van der Waals surface area contributed by atoms with Crippen LogP contribution in [0.5, 0.6) is 0 Å². The Hall–Kier alpha value is -0.420. The van der Waals surface area contributed by atoms with Crippen molar-refractivity contribution in [1.82, 2.24) is 16.0 Å². The smallest absolute Gasteiger partial charge is 0.111 e. The average molecular weight is 279 g/mol. The van der Waals surface area contributed by atoms with E-state index in [0.717, 1.165) is 38.9 Å². The Morgan fingerprint density at radius 1 is 0.800 bits per heavy atom. The highest BCUT2D eigenvalue weighted by Crippen LogP contribution is 2.32. The third-order valence-corrected chi connectivity index (χ3v) is 5.32. The fourth-order valence-electron chi connectivity index (χ4n) is 4.18. The lowest BCUT2D eigenvalue weighted by Gasteiger charge is -2.50. The summed E-state index contributed by atoms with van der Waals surface area (Å²) < 4.78 is 0. The van der Waals surface area contributed by atoms with Gasteiger partial charge in [-0.1, -0.05) is 25.0 Å². The van der Waals surface area contributed by atoms with Crippen molar-refractivity contribution in [2.45, 2.75) is 68.7 Å². The Balaban J connectivity index is 1.81. The van der Waals surface area contributed by atoms with Crippen LogP contribution < -0.4 is 16.0 Å². The summed E-state index contributed by atoms with van der Waals surface area (Å²) in [6.45, 7) is 2.97. The molecule has 3 heterocycles. The zero-order chi connectivity index (χ0) is 13.8. The van der Waals surface area contributed by atoms with Crippen LogP contribution in [-0.2, 0) is 0 Å². The molecule has 4 heteroatoms.